The molecule has 0 aliphatic heterocycles. The minimum atomic E-state index is 0.0718. The zero-order valence-corrected chi connectivity index (χ0v) is 8.21. The summed E-state index contributed by atoms with van der Waals surface area (Å²) in [7, 11) is 0. The minimum absolute atomic E-state index is 0.0718. The Bertz CT molecular complexity index is 102. The van der Waals surface area contributed by atoms with Crippen LogP contribution in [0.2, 0.25) is 0 Å². The maximum absolute atomic E-state index is 5.54. The van der Waals surface area contributed by atoms with E-state index in [0.717, 1.165) is 13.2 Å². The van der Waals surface area contributed by atoms with Gasteiger partial charge in [-0.3, -0.25) is 0 Å². The molecule has 0 atom stereocenters. The lowest BCUT2D eigenvalue weighted by Crippen LogP contribution is -2.25. The van der Waals surface area contributed by atoms with E-state index in [9.17, 15) is 0 Å². The van der Waals surface area contributed by atoms with Crippen molar-refractivity contribution in [3.63, 3.8) is 0 Å². The summed E-state index contributed by atoms with van der Waals surface area (Å²) in [6.07, 6.45) is 5.33. The van der Waals surface area contributed by atoms with E-state index in [1.165, 1.54) is 25.7 Å². The van der Waals surface area contributed by atoms with Crippen molar-refractivity contribution < 1.29 is 9.47 Å². The molecule has 0 radical (unpaired) electrons. The highest BCUT2D eigenvalue weighted by atomic mass is 16.7. The molecule has 2 heteroatoms. The van der Waals surface area contributed by atoms with E-state index in [1.807, 2.05) is 13.8 Å². The summed E-state index contributed by atoms with van der Waals surface area (Å²) in [5.41, 5.74) is 0. The van der Waals surface area contributed by atoms with Crippen LogP contribution in [0.25, 0.3) is 0 Å². The Morgan fingerprint density at radius 3 is 2.00 bits per heavy atom. The molecule has 1 rings (SSSR count). The zero-order chi connectivity index (χ0) is 8.81. The van der Waals surface area contributed by atoms with Gasteiger partial charge in [-0.25, -0.2) is 0 Å². The average Bonchev–Trinajstić information content (AvgIpc) is 2.56. The summed E-state index contributed by atoms with van der Waals surface area (Å²) in [4.78, 5) is 0. The Morgan fingerprint density at radius 2 is 1.58 bits per heavy atom. The van der Waals surface area contributed by atoms with Crippen molar-refractivity contribution in [1.82, 2.24) is 0 Å². The fraction of sp³-hybridized carbons (Fsp3) is 1.00. The van der Waals surface area contributed by atoms with Crippen LogP contribution >= 0.6 is 0 Å². The molecular weight excluding hydrogens is 152 g/mol. The molecule has 0 saturated heterocycles. The van der Waals surface area contributed by atoms with Crippen molar-refractivity contribution in [1.29, 1.82) is 0 Å². The van der Waals surface area contributed by atoms with Crippen LogP contribution in [0.3, 0.4) is 0 Å². The number of hydrogen-bond donors (Lipinski definition) is 0. The molecule has 0 bridgehead atoms. The largest absolute Gasteiger partial charge is 0.353 e. The maximum atomic E-state index is 5.54. The van der Waals surface area contributed by atoms with Gasteiger partial charge in [0.15, 0.2) is 6.29 Å². The lowest BCUT2D eigenvalue weighted by Gasteiger charge is -2.22. The van der Waals surface area contributed by atoms with Crippen molar-refractivity contribution in [2.75, 3.05) is 13.2 Å². The molecule has 0 N–H and O–H groups in total. The third-order valence-corrected chi connectivity index (χ3v) is 2.45. The van der Waals surface area contributed by atoms with E-state index in [4.69, 9.17) is 9.47 Å². The second kappa shape index (κ2) is 5.55. The summed E-state index contributed by atoms with van der Waals surface area (Å²) >= 11 is 0. The molecule has 0 aromatic heterocycles. The first-order chi connectivity index (χ1) is 5.88. The molecule has 1 saturated carbocycles. The van der Waals surface area contributed by atoms with Gasteiger partial charge in [0.25, 0.3) is 0 Å². The minimum Gasteiger partial charge on any atom is -0.353 e. The SMILES string of the molecule is CCOC(OCC)C1CCCC1. The zero-order valence-electron chi connectivity index (χ0n) is 8.21. The molecule has 1 fully saturated rings. The molecule has 12 heavy (non-hydrogen) atoms. The topological polar surface area (TPSA) is 18.5 Å². The highest BCUT2D eigenvalue weighted by Gasteiger charge is 2.25. The van der Waals surface area contributed by atoms with Crippen LogP contribution in [0.15, 0.2) is 0 Å². The highest BCUT2D eigenvalue weighted by molar-refractivity contribution is 4.70. The van der Waals surface area contributed by atoms with E-state index in [0.29, 0.717) is 5.92 Å². The van der Waals surface area contributed by atoms with Crippen LogP contribution in [-0.4, -0.2) is 19.5 Å². The van der Waals surface area contributed by atoms with E-state index in [1.54, 1.807) is 0 Å². The molecule has 2 nitrogen and oxygen atoms in total. The lowest BCUT2D eigenvalue weighted by atomic mass is 10.1. The maximum Gasteiger partial charge on any atom is 0.160 e. The van der Waals surface area contributed by atoms with Gasteiger partial charge in [-0.2, -0.15) is 0 Å². The third-order valence-electron chi connectivity index (χ3n) is 2.45. The van der Waals surface area contributed by atoms with Crippen LogP contribution in [0.4, 0.5) is 0 Å². The monoisotopic (exact) mass is 172 g/mol. The first-order valence-corrected chi connectivity index (χ1v) is 5.11. The van der Waals surface area contributed by atoms with Gasteiger partial charge in [0.2, 0.25) is 0 Å². The predicted octanol–water partition coefficient (Wildman–Crippen LogP) is 2.58. The molecule has 0 amide bonds. The van der Waals surface area contributed by atoms with E-state index in [2.05, 4.69) is 0 Å². The molecule has 0 aromatic carbocycles. The van der Waals surface area contributed by atoms with Crippen molar-refractivity contribution >= 4 is 0 Å². The fourth-order valence-corrected chi connectivity index (χ4v) is 1.88. The summed E-state index contributed by atoms with van der Waals surface area (Å²) in [6.45, 7) is 5.59. The predicted molar refractivity (Wildman–Crippen MR) is 49.0 cm³/mol. The molecule has 72 valence electrons. The second-order valence-corrected chi connectivity index (χ2v) is 3.32. The van der Waals surface area contributed by atoms with Crippen molar-refractivity contribution in [3.8, 4) is 0 Å². The molecule has 0 aromatic rings. The van der Waals surface area contributed by atoms with Gasteiger partial charge in [0, 0.05) is 19.1 Å². The van der Waals surface area contributed by atoms with Gasteiger partial charge in [-0.05, 0) is 26.7 Å². The normalized spacial score (nSPS) is 19.2. The second-order valence-electron chi connectivity index (χ2n) is 3.32. The number of rotatable bonds is 5. The number of ether oxygens (including phenoxy) is 2. The Labute approximate surface area is 75.2 Å². The van der Waals surface area contributed by atoms with Crippen LogP contribution in [0.5, 0.6) is 0 Å². The molecular formula is C10H20O2. The Kier molecular flexibility index (Phi) is 4.62. The molecule has 1 aliphatic rings. The first-order valence-electron chi connectivity index (χ1n) is 5.11. The standard InChI is InChI=1S/C10H20O2/c1-3-11-10(12-4-2)9-7-5-6-8-9/h9-10H,3-8H2,1-2H3. The van der Waals surface area contributed by atoms with Gasteiger partial charge < -0.3 is 9.47 Å². The fourth-order valence-electron chi connectivity index (χ4n) is 1.88. The van der Waals surface area contributed by atoms with Crippen molar-refractivity contribution in [2.45, 2.75) is 45.8 Å². The van der Waals surface area contributed by atoms with Gasteiger partial charge in [-0.15, -0.1) is 0 Å². The van der Waals surface area contributed by atoms with Gasteiger partial charge in [-0.1, -0.05) is 12.8 Å². The van der Waals surface area contributed by atoms with E-state index >= 15 is 0 Å². The highest BCUT2D eigenvalue weighted by Crippen LogP contribution is 2.29. The van der Waals surface area contributed by atoms with Crippen LogP contribution < -0.4 is 0 Å². The molecule has 1 aliphatic carbocycles. The van der Waals surface area contributed by atoms with E-state index in [-0.39, 0.29) is 6.29 Å². The van der Waals surface area contributed by atoms with Gasteiger partial charge >= 0.3 is 0 Å². The molecule has 0 heterocycles. The molecule has 0 spiro atoms. The Hall–Kier alpha value is -0.0800. The van der Waals surface area contributed by atoms with Crippen LogP contribution in [0.1, 0.15) is 39.5 Å². The first kappa shape index (κ1) is 10.0. The van der Waals surface area contributed by atoms with Crippen LogP contribution in [0, 0.1) is 5.92 Å². The smallest absolute Gasteiger partial charge is 0.160 e. The lowest BCUT2D eigenvalue weighted by molar-refractivity contribution is -0.165. The van der Waals surface area contributed by atoms with Gasteiger partial charge in [0.05, 0.1) is 0 Å². The third kappa shape index (κ3) is 2.76. The summed E-state index contributed by atoms with van der Waals surface area (Å²) in [5.74, 6) is 0.657. The average molecular weight is 172 g/mol. The number of hydrogen-bond acceptors (Lipinski definition) is 2. The quantitative estimate of drug-likeness (QED) is 0.593. The van der Waals surface area contributed by atoms with Crippen LogP contribution in [-0.2, 0) is 9.47 Å². The Morgan fingerprint density at radius 1 is 1.08 bits per heavy atom. The summed E-state index contributed by atoms with van der Waals surface area (Å²) in [6, 6.07) is 0. The van der Waals surface area contributed by atoms with Gasteiger partial charge in [0.1, 0.15) is 0 Å². The summed E-state index contributed by atoms with van der Waals surface area (Å²) in [5, 5.41) is 0. The van der Waals surface area contributed by atoms with E-state index < -0.39 is 0 Å². The van der Waals surface area contributed by atoms with Crippen molar-refractivity contribution in [3.05, 3.63) is 0 Å². The summed E-state index contributed by atoms with van der Waals surface area (Å²) < 4.78 is 11.1. The van der Waals surface area contributed by atoms with Crippen molar-refractivity contribution in [2.24, 2.45) is 5.92 Å². The Balaban J connectivity index is 2.29. The molecule has 0 unspecified atom stereocenters.